The van der Waals surface area contributed by atoms with Gasteiger partial charge in [-0.05, 0) is 31.4 Å². The lowest BCUT2D eigenvalue weighted by atomic mass is 10.1. The van der Waals surface area contributed by atoms with Crippen molar-refractivity contribution in [1.29, 1.82) is 0 Å². The number of benzene rings is 1. The molecule has 1 N–H and O–H groups in total. The van der Waals surface area contributed by atoms with E-state index in [4.69, 9.17) is 0 Å². The highest BCUT2D eigenvalue weighted by Crippen LogP contribution is 2.25. The van der Waals surface area contributed by atoms with Crippen LogP contribution < -0.4 is 10.2 Å². The van der Waals surface area contributed by atoms with Crippen molar-refractivity contribution in [3.63, 3.8) is 0 Å². The van der Waals surface area contributed by atoms with E-state index in [-0.39, 0.29) is 11.9 Å². The molecule has 4 heteroatoms. The molecule has 1 aromatic rings. The first kappa shape index (κ1) is 13.4. The SMILES string of the molecule is CC(C(=O)NC1CC1)N1CCN(C)c2ccccc2C1. The van der Waals surface area contributed by atoms with Crippen LogP contribution in [0.2, 0.25) is 0 Å². The Balaban J connectivity index is 1.73. The van der Waals surface area contributed by atoms with Crippen molar-refractivity contribution in [3.8, 4) is 0 Å². The summed E-state index contributed by atoms with van der Waals surface area (Å²) in [4.78, 5) is 16.8. The maximum Gasteiger partial charge on any atom is 0.237 e. The second-order valence-corrected chi connectivity index (χ2v) is 5.98. The van der Waals surface area contributed by atoms with Gasteiger partial charge in [0.15, 0.2) is 0 Å². The molecule has 1 aliphatic carbocycles. The molecule has 1 unspecified atom stereocenters. The van der Waals surface area contributed by atoms with Crippen LogP contribution in [-0.2, 0) is 11.3 Å². The molecule has 4 nitrogen and oxygen atoms in total. The number of fused-ring (bicyclic) bond motifs is 1. The standard InChI is InChI=1S/C16H23N3O/c1-12(16(20)17-14-7-8-14)19-10-9-18(2)15-6-4-3-5-13(15)11-19/h3-6,12,14H,7-11H2,1-2H3,(H,17,20). The Hall–Kier alpha value is -1.55. The molecule has 1 fully saturated rings. The third kappa shape index (κ3) is 2.80. The summed E-state index contributed by atoms with van der Waals surface area (Å²) in [5, 5.41) is 3.11. The molecule has 20 heavy (non-hydrogen) atoms. The van der Waals surface area contributed by atoms with Gasteiger partial charge < -0.3 is 10.2 Å². The molecule has 0 aromatic heterocycles. The summed E-state index contributed by atoms with van der Waals surface area (Å²) in [6.07, 6.45) is 2.29. The average molecular weight is 273 g/mol. The quantitative estimate of drug-likeness (QED) is 0.909. The predicted octanol–water partition coefficient (Wildman–Crippen LogP) is 1.61. The third-order valence-corrected chi connectivity index (χ3v) is 4.35. The van der Waals surface area contributed by atoms with Crippen LogP contribution in [0.3, 0.4) is 0 Å². The fourth-order valence-corrected chi connectivity index (χ4v) is 2.76. The highest BCUT2D eigenvalue weighted by Gasteiger charge is 2.29. The molecule has 0 saturated heterocycles. The Morgan fingerprint density at radius 3 is 2.80 bits per heavy atom. The number of anilines is 1. The van der Waals surface area contributed by atoms with E-state index in [1.54, 1.807) is 0 Å². The summed E-state index contributed by atoms with van der Waals surface area (Å²) >= 11 is 0. The van der Waals surface area contributed by atoms with Crippen LogP contribution in [0.15, 0.2) is 24.3 Å². The van der Waals surface area contributed by atoms with Gasteiger partial charge in [-0.2, -0.15) is 0 Å². The van der Waals surface area contributed by atoms with Gasteiger partial charge in [-0.25, -0.2) is 0 Å². The number of nitrogens with zero attached hydrogens (tertiary/aromatic N) is 2. The summed E-state index contributed by atoms with van der Waals surface area (Å²) in [5.41, 5.74) is 2.59. The summed E-state index contributed by atoms with van der Waals surface area (Å²) in [6, 6.07) is 8.85. The summed E-state index contributed by atoms with van der Waals surface area (Å²) in [6.45, 7) is 4.74. The molecule has 0 bridgehead atoms. The van der Waals surface area contributed by atoms with Crippen molar-refractivity contribution in [3.05, 3.63) is 29.8 Å². The molecular formula is C16H23N3O. The van der Waals surface area contributed by atoms with Crippen molar-refractivity contribution in [1.82, 2.24) is 10.2 Å². The number of hydrogen-bond acceptors (Lipinski definition) is 3. The van der Waals surface area contributed by atoms with Crippen molar-refractivity contribution in [2.75, 3.05) is 25.0 Å². The molecule has 1 saturated carbocycles. The molecule has 0 radical (unpaired) electrons. The summed E-state index contributed by atoms with van der Waals surface area (Å²) in [7, 11) is 2.12. The average Bonchev–Trinajstić information content (AvgIpc) is 3.27. The number of carbonyl (C=O) groups is 1. The molecule has 1 amide bonds. The molecule has 1 aromatic carbocycles. The number of para-hydroxylation sites is 1. The summed E-state index contributed by atoms with van der Waals surface area (Å²) in [5.74, 6) is 0.175. The van der Waals surface area contributed by atoms with Gasteiger partial charge in [0.05, 0.1) is 6.04 Å². The largest absolute Gasteiger partial charge is 0.373 e. The van der Waals surface area contributed by atoms with E-state index in [1.807, 2.05) is 6.92 Å². The van der Waals surface area contributed by atoms with Crippen LogP contribution in [0.4, 0.5) is 5.69 Å². The number of nitrogens with one attached hydrogen (secondary N) is 1. The minimum atomic E-state index is -0.0600. The lowest BCUT2D eigenvalue weighted by Gasteiger charge is -2.26. The minimum Gasteiger partial charge on any atom is -0.373 e. The van der Waals surface area contributed by atoms with E-state index in [9.17, 15) is 4.79 Å². The van der Waals surface area contributed by atoms with E-state index in [2.05, 4.69) is 46.4 Å². The van der Waals surface area contributed by atoms with Crippen LogP contribution in [0.1, 0.15) is 25.3 Å². The van der Waals surface area contributed by atoms with Gasteiger partial charge in [-0.15, -0.1) is 0 Å². The monoisotopic (exact) mass is 273 g/mol. The van der Waals surface area contributed by atoms with Crippen LogP contribution in [0.25, 0.3) is 0 Å². The number of hydrogen-bond donors (Lipinski definition) is 1. The molecule has 1 aliphatic heterocycles. The Labute approximate surface area is 120 Å². The first-order valence-corrected chi connectivity index (χ1v) is 7.48. The van der Waals surface area contributed by atoms with E-state index < -0.39 is 0 Å². The fourth-order valence-electron chi connectivity index (χ4n) is 2.76. The Bertz CT molecular complexity index is 498. The third-order valence-electron chi connectivity index (χ3n) is 4.35. The van der Waals surface area contributed by atoms with Crippen LogP contribution >= 0.6 is 0 Å². The van der Waals surface area contributed by atoms with E-state index in [1.165, 1.54) is 11.3 Å². The highest BCUT2D eigenvalue weighted by molar-refractivity contribution is 5.82. The van der Waals surface area contributed by atoms with E-state index in [0.717, 1.165) is 32.5 Å². The molecule has 1 atom stereocenters. The van der Waals surface area contributed by atoms with Crippen molar-refractivity contribution in [2.24, 2.45) is 0 Å². The summed E-state index contributed by atoms with van der Waals surface area (Å²) < 4.78 is 0. The van der Waals surface area contributed by atoms with Gasteiger partial charge in [-0.3, -0.25) is 9.69 Å². The lowest BCUT2D eigenvalue weighted by molar-refractivity contribution is -0.126. The molecular weight excluding hydrogens is 250 g/mol. The van der Waals surface area contributed by atoms with Crippen LogP contribution in [-0.4, -0.2) is 43.0 Å². The minimum absolute atomic E-state index is 0.0600. The molecule has 108 valence electrons. The number of carbonyl (C=O) groups excluding carboxylic acids is 1. The van der Waals surface area contributed by atoms with Crippen molar-refractivity contribution >= 4 is 11.6 Å². The van der Waals surface area contributed by atoms with Crippen LogP contribution in [0, 0.1) is 0 Å². The maximum atomic E-state index is 12.2. The number of amides is 1. The predicted molar refractivity (Wildman–Crippen MR) is 80.7 cm³/mol. The Morgan fingerprint density at radius 1 is 1.30 bits per heavy atom. The van der Waals surface area contributed by atoms with Gasteiger partial charge in [0.25, 0.3) is 0 Å². The van der Waals surface area contributed by atoms with Gasteiger partial charge >= 0.3 is 0 Å². The number of likely N-dealkylation sites (N-methyl/N-ethyl adjacent to an activating group) is 1. The lowest BCUT2D eigenvalue weighted by Crippen LogP contribution is -2.46. The van der Waals surface area contributed by atoms with Gasteiger partial charge in [-0.1, -0.05) is 18.2 Å². The first-order chi connectivity index (χ1) is 9.65. The topological polar surface area (TPSA) is 35.6 Å². The second kappa shape index (κ2) is 5.44. The zero-order chi connectivity index (χ0) is 14.1. The van der Waals surface area contributed by atoms with Gasteiger partial charge in [0.2, 0.25) is 5.91 Å². The molecule has 3 rings (SSSR count). The first-order valence-electron chi connectivity index (χ1n) is 7.48. The van der Waals surface area contributed by atoms with E-state index in [0.29, 0.717) is 6.04 Å². The Morgan fingerprint density at radius 2 is 2.05 bits per heavy atom. The fraction of sp³-hybridized carbons (Fsp3) is 0.562. The van der Waals surface area contributed by atoms with Gasteiger partial charge in [0, 0.05) is 38.4 Å². The maximum absolute atomic E-state index is 12.2. The highest BCUT2D eigenvalue weighted by atomic mass is 16.2. The second-order valence-electron chi connectivity index (χ2n) is 5.98. The number of rotatable bonds is 3. The van der Waals surface area contributed by atoms with E-state index >= 15 is 0 Å². The zero-order valence-electron chi connectivity index (χ0n) is 12.3. The van der Waals surface area contributed by atoms with Crippen molar-refractivity contribution in [2.45, 2.75) is 38.4 Å². The molecule has 2 aliphatic rings. The normalized spacial score (nSPS) is 21.0. The van der Waals surface area contributed by atoms with Gasteiger partial charge in [0.1, 0.15) is 0 Å². The molecule has 0 spiro atoms. The van der Waals surface area contributed by atoms with Crippen LogP contribution in [0.5, 0.6) is 0 Å². The zero-order valence-corrected chi connectivity index (χ0v) is 12.3. The Kier molecular flexibility index (Phi) is 3.66. The molecule has 1 heterocycles. The van der Waals surface area contributed by atoms with Crippen molar-refractivity contribution < 1.29 is 4.79 Å². The smallest absolute Gasteiger partial charge is 0.237 e.